The van der Waals surface area contributed by atoms with E-state index in [1.165, 1.54) is 5.56 Å². The topological polar surface area (TPSA) is 12.0 Å². The van der Waals surface area contributed by atoms with E-state index in [0.717, 1.165) is 41.4 Å². The van der Waals surface area contributed by atoms with Gasteiger partial charge in [-0.25, -0.2) is 0 Å². The van der Waals surface area contributed by atoms with Crippen LogP contribution < -0.4 is 5.32 Å². The maximum atomic E-state index is 6.33. The summed E-state index contributed by atoms with van der Waals surface area (Å²) in [6, 6.07) is 16.5. The van der Waals surface area contributed by atoms with Gasteiger partial charge in [0.25, 0.3) is 0 Å². The van der Waals surface area contributed by atoms with Crippen molar-refractivity contribution < 1.29 is 0 Å². The fraction of sp³-hybridized carbons (Fsp3) is 0.333. The van der Waals surface area contributed by atoms with Crippen molar-refractivity contribution in [3.05, 3.63) is 69.7 Å². The van der Waals surface area contributed by atoms with Crippen LogP contribution in [-0.2, 0) is 6.42 Å². The molecule has 2 aromatic carbocycles. The summed E-state index contributed by atoms with van der Waals surface area (Å²) in [7, 11) is 0. The number of hydrogen-bond acceptors (Lipinski definition) is 1. The van der Waals surface area contributed by atoms with Crippen molar-refractivity contribution in [2.75, 3.05) is 6.54 Å². The molecule has 2 rings (SSSR count). The lowest BCUT2D eigenvalue weighted by Gasteiger charge is -2.21. The first-order valence-corrected chi connectivity index (χ1v) is 8.19. The summed E-state index contributed by atoms with van der Waals surface area (Å²) >= 11 is 12.7. The van der Waals surface area contributed by atoms with Crippen molar-refractivity contribution in [1.29, 1.82) is 0 Å². The van der Waals surface area contributed by atoms with Crippen LogP contribution in [0.1, 0.15) is 36.9 Å². The molecule has 21 heavy (non-hydrogen) atoms. The minimum absolute atomic E-state index is 0.208. The van der Waals surface area contributed by atoms with Crippen LogP contribution in [0.2, 0.25) is 10.0 Å². The molecular formula is C18H21Cl2N. The van der Waals surface area contributed by atoms with Crippen LogP contribution in [0.4, 0.5) is 0 Å². The van der Waals surface area contributed by atoms with Gasteiger partial charge in [0.15, 0.2) is 0 Å². The fourth-order valence-electron chi connectivity index (χ4n) is 2.59. The van der Waals surface area contributed by atoms with E-state index >= 15 is 0 Å². The van der Waals surface area contributed by atoms with Gasteiger partial charge in [0, 0.05) is 21.7 Å². The summed E-state index contributed by atoms with van der Waals surface area (Å²) in [5, 5.41) is 4.99. The number of hydrogen-bond donors (Lipinski definition) is 1. The van der Waals surface area contributed by atoms with Crippen LogP contribution in [0.15, 0.2) is 48.5 Å². The Hall–Kier alpha value is -1.02. The second kappa shape index (κ2) is 8.43. The fourth-order valence-corrected chi connectivity index (χ4v) is 3.25. The molecule has 0 saturated heterocycles. The molecule has 1 atom stereocenters. The van der Waals surface area contributed by atoms with Crippen molar-refractivity contribution in [2.24, 2.45) is 0 Å². The van der Waals surface area contributed by atoms with Gasteiger partial charge < -0.3 is 5.32 Å². The first kappa shape index (κ1) is 16.4. The zero-order valence-corrected chi connectivity index (χ0v) is 13.8. The Morgan fingerprint density at radius 1 is 0.952 bits per heavy atom. The summed E-state index contributed by atoms with van der Waals surface area (Å²) in [4.78, 5) is 0. The summed E-state index contributed by atoms with van der Waals surface area (Å²) in [5.74, 6) is 0. The van der Waals surface area contributed by atoms with Gasteiger partial charge in [-0.3, -0.25) is 0 Å². The molecule has 3 heteroatoms. The molecule has 0 bridgehead atoms. The van der Waals surface area contributed by atoms with Gasteiger partial charge in [0.2, 0.25) is 0 Å². The Balaban J connectivity index is 2.02. The SMILES string of the molecule is CCNC(CCCc1ccccc1)c1c(Cl)cccc1Cl. The lowest BCUT2D eigenvalue weighted by atomic mass is 9.98. The number of nitrogens with one attached hydrogen (secondary N) is 1. The number of rotatable bonds is 7. The average Bonchev–Trinajstić information content (AvgIpc) is 2.48. The maximum Gasteiger partial charge on any atom is 0.0468 e. The molecule has 0 aromatic heterocycles. The van der Waals surface area contributed by atoms with E-state index in [0.29, 0.717) is 0 Å². The van der Waals surface area contributed by atoms with E-state index in [4.69, 9.17) is 23.2 Å². The van der Waals surface area contributed by atoms with Gasteiger partial charge in [0.1, 0.15) is 0 Å². The second-order valence-corrected chi connectivity index (χ2v) is 5.94. The first-order chi connectivity index (χ1) is 10.2. The van der Waals surface area contributed by atoms with Crippen LogP contribution in [0.5, 0.6) is 0 Å². The van der Waals surface area contributed by atoms with Crippen LogP contribution >= 0.6 is 23.2 Å². The molecule has 112 valence electrons. The van der Waals surface area contributed by atoms with Gasteiger partial charge in [-0.1, -0.05) is 66.5 Å². The monoisotopic (exact) mass is 321 g/mol. The van der Waals surface area contributed by atoms with Crippen LogP contribution in [-0.4, -0.2) is 6.54 Å². The minimum Gasteiger partial charge on any atom is -0.310 e. The van der Waals surface area contributed by atoms with E-state index in [1.54, 1.807) is 0 Å². The quantitative estimate of drug-likeness (QED) is 0.693. The molecule has 0 radical (unpaired) electrons. The standard InChI is InChI=1S/C18H21Cl2N/c1-2-21-17(18-15(19)11-7-12-16(18)20)13-6-10-14-8-4-3-5-9-14/h3-5,7-9,11-12,17,21H,2,6,10,13H2,1H3. The van der Waals surface area contributed by atoms with Crippen molar-refractivity contribution in [3.8, 4) is 0 Å². The third kappa shape index (κ3) is 4.74. The highest BCUT2D eigenvalue weighted by Gasteiger charge is 2.16. The van der Waals surface area contributed by atoms with Crippen LogP contribution in [0.25, 0.3) is 0 Å². The molecule has 1 nitrogen and oxygen atoms in total. The Morgan fingerprint density at radius 2 is 1.62 bits per heavy atom. The Kier molecular flexibility index (Phi) is 6.56. The van der Waals surface area contributed by atoms with E-state index in [-0.39, 0.29) is 6.04 Å². The van der Waals surface area contributed by atoms with E-state index in [9.17, 15) is 0 Å². The highest BCUT2D eigenvalue weighted by molar-refractivity contribution is 6.36. The number of benzene rings is 2. The summed E-state index contributed by atoms with van der Waals surface area (Å²) in [6.07, 6.45) is 3.19. The lowest BCUT2D eigenvalue weighted by molar-refractivity contribution is 0.498. The van der Waals surface area contributed by atoms with Gasteiger partial charge in [-0.15, -0.1) is 0 Å². The molecule has 0 amide bonds. The van der Waals surface area contributed by atoms with Crippen molar-refractivity contribution in [1.82, 2.24) is 5.32 Å². The van der Waals surface area contributed by atoms with Gasteiger partial charge in [0.05, 0.1) is 0 Å². The van der Waals surface area contributed by atoms with E-state index in [1.807, 2.05) is 18.2 Å². The molecule has 0 aliphatic heterocycles. The molecule has 0 aliphatic rings. The molecule has 0 spiro atoms. The molecule has 0 heterocycles. The highest BCUT2D eigenvalue weighted by Crippen LogP contribution is 2.32. The zero-order chi connectivity index (χ0) is 15.1. The third-order valence-corrected chi connectivity index (χ3v) is 4.26. The Labute approximate surface area is 137 Å². The molecule has 0 aliphatic carbocycles. The van der Waals surface area contributed by atoms with Crippen molar-refractivity contribution in [2.45, 2.75) is 32.2 Å². The predicted octanol–water partition coefficient (Wildman–Crippen LogP) is 5.67. The normalized spacial score (nSPS) is 12.3. The Bertz CT molecular complexity index is 534. The van der Waals surface area contributed by atoms with Crippen molar-refractivity contribution in [3.63, 3.8) is 0 Å². The molecule has 2 aromatic rings. The van der Waals surface area contributed by atoms with Gasteiger partial charge >= 0.3 is 0 Å². The van der Waals surface area contributed by atoms with Gasteiger partial charge in [-0.2, -0.15) is 0 Å². The first-order valence-electron chi connectivity index (χ1n) is 7.43. The predicted molar refractivity (Wildman–Crippen MR) is 92.3 cm³/mol. The second-order valence-electron chi connectivity index (χ2n) is 5.12. The molecular weight excluding hydrogens is 301 g/mol. The summed E-state index contributed by atoms with van der Waals surface area (Å²) < 4.78 is 0. The van der Waals surface area contributed by atoms with Gasteiger partial charge in [-0.05, 0) is 43.5 Å². The minimum atomic E-state index is 0.208. The smallest absolute Gasteiger partial charge is 0.0468 e. The third-order valence-electron chi connectivity index (χ3n) is 3.60. The maximum absolute atomic E-state index is 6.33. The number of halogens is 2. The van der Waals surface area contributed by atoms with Crippen LogP contribution in [0.3, 0.4) is 0 Å². The van der Waals surface area contributed by atoms with Crippen LogP contribution in [0, 0.1) is 0 Å². The zero-order valence-electron chi connectivity index (χ0n) is 12.3. The lowest BCUT2D eigenvalue weighted by Crippen LogP contribution is -2.21. The number of aryl methyl sites for hydroxylation is 1. The molecule has 1 unspecified atom stereocenters. The average molecular weight is 322 g/mol. The Morgan fingerprint density at radius 3 is 2.24 bits per heavy atom. The highest BCUT2D eigenvalue weighted by atomic mass is 35.5. The molecule has 1 N–H and O–H groups in total. The van der Waals surface area contributed by atoms with E-state index < -0.39 is 0 Å². The molecule has 0 fully saturated rings. The molecule has 0 saturated carbocycles. The van der Waals surface area contributed by atoms with Crippen molar-refractivity contribution >= 4 is 23.2 Å². The summed E-state index contributed by atoms with van der Waals surface area (Å²) in [6.45, 7) is 3.01. The van der Waals surface area contributed by atoms with E-state index in [2.05, 4.69) is 42.6 Å². The largest absolute Gasteiger partial charge is 0.310 e. The summed E-state index contributed by atoms with van der Waals surface area (Å²) in [5.41, 5.74) is 2.40.